The summed E-state index contributed by atoms with van der Waals surface area (Å²) < 4.78 is 3.95. The molecule has 2 aromatic heterocycles. The van der Waals surface area contributed by atoms with Crippen molar-refractivity contribution in [3.05, 3.63) is 111 Å². The van der Waals surface area contributed by atoms with Crippen LogP contribution in [-0.4, -0.2) is 25.1 Å². The molecule has 0 aliphatic heterocycles. The molecule has 0 saturated heterocycles. The van der Waals surface area contributed by atoms with E-state index >= 15 is 0 Å². The Hall–Kier alpha value is -4.13. The van der Waals surface area contributed by atoms with Crippen molar-refractivity contribution in [1.29, 1.82) is 0 Å². The zero-order valence-electron chi connectivity index (χ0n) is 18.6. The molecule has 0 aliphatic carbocycles. The maximum absolute atomic E-state index is 13.5. The summed E-state index contributed by atoms with van der Waals surface area (Å²) in [5, 5.41) is 3.28. The predicted molar refractivity (Wildman–Crippen MR) is 131 cm³/mol. The number of aromatic nitrogens is 4. The number of benzene rings is 3. The first-order chi connectivity index (χ1) is 16.0. The molecule has 5 aromatic rings. The molecule has 5 rings (SSSR count). The molecule has 0 bridgehead atoms. The molecule has 0 unspecified atom stereocenters. The maximum Gasteiger partial charge on any atom is 0.359 e. The second-order valence-electron chi connectivity index (χ2n) is 8.36. The average molecular weight is 440 g/mol. The number of nitrogens with one attached hydrogen (secondary N) is 1. The largest absolute Gasteiger partial charge is 0.359 e. The van der Waals surface area contributed by atoms with E-state index in [1.54, 1.807) is 24.3 Å². The van der Waals surface area contributed by atoms with Crippen LogP contribution in [0, 0.1) is 0 Å². The molecule has 0 radical (unpaired) electrons. The molecule has 0 fully saturated rings. The summed E-state index contributed by atoms with van der Waals surface area (Å²) in [6.07, 6.45) is 0.761. The summed E-state index contributed by atoms with van der Waals surface area (Å²) in [4.78, 5) is 31.8. The second kappa shape index (κ2) is 8.43. The number of fused-ring (bicyclic) bond motifs is 3. The molecule has 0 amide bonds. The Bertz CT molecular complexity index is 1550. The Morgan fingerprint density at radius 1 is 0.848 bits per heavy atom. The molecule has 0 saturated carbocycles. The number of rotatable bonds is 6. The van der Waals surface area contributed by atoms with E-state index < -0.39 is 11.4 Å². The Balaban J connectivity index is 1.71. The van der Waals surface area contributed by atoms with E-state index in [0.717, 1.165) is 12.0 Å². The molecule has 0 spiro atoms. The quantitative estimate of drug-likeness (QED) is 0.436. The number of nitrogens with zero attached hydrogens (tertiary/aromatic N) is 4. The first-order valence-corrected chi connectivity index (χ1v) is 11.1. The van der Waals surface area contributed by atoms with E-state index in [-0.39, 0.29) is 5.92 Å². The summed E-state index contributed by atoms with van der Waals surface area (Å²) in [6.45, 7) is 4.75. The lowest BCUT2D eigenvalue weighted by Crippen LogP contribution is -2.26. The van der Waals surface area contributed by atoms with Gasteiger partial charge in [-0.25, -0.2) is 19.1 Å². The number of hydrogen-bond acceptors (Lipinski definition) is 4. The van der Waals surface area contributed by atoms with Crippen LogP contribution in [0.25, 0.3) is 16.7 Å². The van der Waals surface area contributed by atoms with Gasteiger partial charge in [-0.2, -0.15) is 9.03 Å². The van der Waals surface area contributed by atoms with Crippen LogP contribution in [0.2, 0.25) is 0 Å². The maximum atomic E-state index is 13.5. The zero-order chi connectivity index (χ0) is 22.9. The van der Waals surface area contributed by atoms with Crippen LogP contribution < -0.4 is 16.7 Å². The van der Waals surface area contributed by atoms with Gasteiger partial charge in [-0.3, -0.25) is 0 Å². The molecule has 0 atom stereocenters. The summed E-state index contributed by atoms with van der Waals surface area (Å²) in [6, 6.07) is 24.9. The Morgan fingerprint density at radius 2 is 1.52 bits per heavy atom. The molecule has 1 N–H and O–H groups in total. The second-order valence-corrected chi connectivity index (χ2v) is 8.36. The van der Waals surface area contributed by atoms with E-state index in [1.165, 1.54) is 19.2 Å². The van der Waals surface area contributed by atoms with Crippen LogP contribution >= 0.6 is 0 Å². The van der Waals surface area contributed by atoms with E-state index in [2.05, 4.69) is 31.3 Å². The Kier molecular flexibility index (Phi) is 5.30. The topological polar surface area (TPSA) is 72.8 Å². The third kappa shape index (κ3) is 3.71. The standard InChI is InChI=1S/C26H25N5O2/c1-18(2)20-13-14-22-23(17-20)30-25(32)29(21-11-7-4-8-12-21)26(33)31(30)24(28-22)27-16-15-19-9-5-3-6-10-19/h3-14,17-18H,15-16H2,1-2H3,(H,27,28). The van der Waals surface area contributed by atoms with Crippen LogP contribution in [0.3, 0.4) is 0 Å². The van der Waals surface area contributed by atoms with Crippen LogP contribution in [0.15, 0.2) is 88.5 Å². The minimum absolute atomic E-state index is 0.275. The fourth-order valence-corrected chi connectivity index (χ4v) is 4.04. The van der Waals surface area contributed by atoms with Crippen molar-refractivity contribution in [3.63, 3.8) is 0 Å². The summed E-state index contributed by atoms with van der Waals surface area (Å²) in [5.74, 6) is 0.615. The lowest BCUT2D eigenvalue weighted by molar-refractivity contribution is 0.778. The van der Waals surface area contributed by atoms with Gasteiger partial charge in [0.25, 0.3) is 0 Å². The van der Waals surface area contributed by atoms with E-state index in [1.807, 2.05) is 42.5 Å². The molecular weight excluding hydrogens is 414 g/mol. The third-order valence-electron chi connectivity index (χ3n) is 5.82. The Morgan fingerprint density at radius 3 is 2.21 bits per heavy atom. The van der Waals surface area contributed by atoms with Crippen LogP contribution in [0.4, 0.5) is 5.95 Å². The molecule has 7 nitrogen and oxygen atoms in total. The van der Waals surface area contributed by atoms with Gasteiger partial charge in [0.1, 0.15) is 0 Å². The highest BCUT2D eigenvalue weighted by atomic mass is 16.2. The van der Waals surface area contributed by atoms with Gasteiger partial charge in [-0.1, -0.05) is 68.4 Å². The van der Waals surface area contributed by atoms with Crippen molar-refractivity contribution in [1.82, 2.24) is 18.6 Å². The number of hydrogen-bond donors (Lipinski definition) is 1. The first kappa shape index (κ1) is 20.8. The van der Waals surface area contributed by atoms with Crippen LogP contribution in [0.5, 0.6) is 0 Å². The normalized spacial score (nSPS) is 11.5. The van der Waals surface area contributed by atoms with Gasteiger partial charge in [-0.05, 0) is 47.7 Å². The molecule has 7 heteroatoms. The first-order valence-electron chi connectivity index (χ1n) is 11.1. The van der Waals surface area contributed by atoms with Gasteiger partial charge in [-0.15, -0.1) is 0 Å². The van der Waals surface area contributed by atoms with Crippen molar-refractivity contribution >= 4 is 17.0 Å². The van der Waals surface area contributed by atoms with Gasteiger partial charge >= 0.3 is 11.4 Å². The smallest absolute Gasteiger partial charge is 0.354 e. The van der Waals surface area contributed by atoms with E-state index in [4.69, 9.17) is 4.98 Å². The molecule has 0 aliphatic rings. The number of para-hydroxylation sites is 1. The van der Waals surface area contributed by atoms with Crippen LogP contribution in [-0.2, 0) is 6.42 Å². The minimum atomic E-state index is -0.460. The van der Waals surface area contributed by atoms with Gasteiger partial charge in [0.05, 0.1) is 16.7 Å². The van der Waals surface area contributed by atoms with Crippen LogP contribution in [0.1, 0.15) is 30.9 Å². The number of anilines is 1. The average Bonchev–Trinajstić information content (AvgIpc) is 3.10. The zero-order valence-corrected chi connectivity index (χ0v) is 18.6. The van der Waals surface area contributed by atoms with E-state index in [9.17, 15) is 9.59 Å². The SMILES string of the molecule is CC(C)c1ccc2nc(NCCc3ccccc3)n3c(=O)n(-c4ccccc4)c(=O)n3c2c1. The van der Waals surface area contributed by atoms with Gasteiger partial charge in [0, 0.05) is 6.54 Å². The van der Waals surface area contributed by atoms with Gasteiger partial charge in [0.2, 0.25) is 5.95 Å². The summed E-state index contributed by atoms with van der Waals surface area (Å²) in [7, 11) is 0. The highest BCUT2D eigenvalue weighted by Gasteiger charge is 2.19. The highest BCUT2D eigenvalue weighted by molar-refractivity contribution is 5.76. The molecule has 166 valence electrons. The lowest BCUT2D eigenvalue weighted by atomic mass is 10.0. The molecule has 2 heterocycles. The summed E-state index contributed by atoms with van der Waals surface area (Å²) >= 11 is 0. The van der Waals surface area contributed by atoms with Crippen molar-refractivity contribution in [2.24, 2.45) is 0 Å². The van der Waals surface area contributed by atoms with Crippen molar-refractivity contribution in [3.8, 4) is 5.69 Å². The fourth-order valence-electron chi connectivity index (χ4n) is 4.04. The van der Waals surface area contributed by atoms with Crippen molar-refractivity contribution in [2.75, 3.05) is 11.9 Å². The fraction of sp³-hybridized carbons (Fsp3) is 0.192. The lowest BCUT2D eigenvalue weighted by Gasteiger charge is -2.12. The molecule has 3 aromatic carbocycles. The molecular formula is C26H25N5O2. The molecule has 33 heavy (non-hydrogen) atoms. The van der Waals surface area contributed by atoms with Gasteiger partial charge in [0.15, 0.2) is 0 Å². The highest BCUT2D eigenvalue weighted by Crippen LogP contribution is 2.21. The minimum Gasteiger partial charge on any atom is -0.354 e. The monoisotopic (exact) mass is 439 g/mol. The van der Waals surface area contributed by atoms with Gasteiger partial charge < -0.3 is 5.32 Å². The Labute approximate surface area is 190 Å². The van der Waals surface area contributed by atoms with Crippen molar-refractivity contribution < 1.29 is 0 Å². The third-order valence-corrected chi connectivity index (χ3v) is 5.82. The summed E-state index contributed by atoms with van der Waals surface area (Å²) in [5.41, 5.74) is 3.13. The predicted octanol–water partition coefficient (Wildman–Crippen LogP) is 3.88. The van der Waals surface area contributed by atoms with E-state index in [0.29, 0.717) is 29.2 Å². The van der Waals surface area contributed by atoms with Crippen molar-refractivity contribution in [2.45, 2.75) is 26.2 Å².